The number of rotatable bonds is 8. The van der Waals surface area contributed by atoms with Crippen LogP contribution in [-0.2, 0) is 19.6 Å². The predicted octanol–water partition coefficient (Wildman–Crippen LogP) is 3.28. The molecule has 2 fully saturated rings. The number of ether oxygens (including phenoxy) is 2. The van der Waals surface area contributed by atoms with Gasteiger partial charge in [-0.25, -0.2) is 8.42 Å². The molecule has 0 bridgehead atoms. The minimum Gasteiger partial charge on any atom is -0.497 e. The van der Waals surface area contributed by atoms with E-state index in [1.165, 1.54) is 0 Å². The van der Waals surface area contributed by atoms with Gasteiger partial charge in [-0.2, -0.15) is 4.31 Å². The molecule has 1 amide bonds. The highest BCUT2D eigenvalue weighted by atomic mass is 32.2. The van der Waals surface area contributed by atoms with Gasteiger partial charge in [0.15, 0.2) is 0 Å². The number of hydrogen-bond acceptors (Lipinski definition) is 6. The maximum absolute atomic E-state index is 13.7. The van der Waals surface area contributed by atoms with Gasteiger partial charge < -0.3 is 14.4 Å². The van der Waals surface area contributed by atoms with Crippen LogP contribution in [0.15, 0.2) is 41.4 Å². The van der Waals surface area contributed by atoms with Crippen molar-refractivity contribution in [3.63, 3.8) is 0 Å². The van der Waals surface area contributed by atoms with Crippen molar-refractivity contribution >= 4 is 15.9 Å². The predicted molar refractivity (Wildman–Crippen MR) is 133 cm³/mol. The molecule has 2 aliphatic heterocycles. The molecule has 2 saturated heterocycles. The molecule has 4 rings (SSSR count). The van der Waals surface area contributed by atoms with Gasteiger partial charge in [-0.3, -0.25) is 9.78 Å². The second-order valence-electron chi connectivity index (χ2n) is 9.45. The number of likely N-dealkylation sites (tertiary alicyclic amines) is 1. The van der Waals surface area contributed by atoms with E-state index in [1.54, 1.807) is 43.6 Å². The van der Waals surface area contributed by atoms with Gasteiger partial charge in [-0.1, -0.05) is 12.5 Å². The SMILES string of the molecule is COc1cc(C)c(S(=O)(=O)N2CCCCC2COCC(=O)N2CCC(c3ccccn3)C2)c(C)c1. The van der Waals surface area contributed by atoms with Gasteiger partial charge in [0.25, 0.3) is 0 Å². The van der Waals surface area contributed by atoms with E-state index in [0.717, 1.165) is 25.0 Å². The van der Waals surface area contributed by atoms with E-state index in [0.29, 0.717) is 47.8 Å². The molecular weight excluding hydrogens is 466 g/mol. The van der Waals surface area contributed by atoms with Crippen LogP contribution >= 0.6 is 0 Å². The van der Waals surface area contributed by atoms with Crippen LogP contribution in [0, 0.1) is 13.8 Å². The van der Waals surface area contributed by atoms with Crippen LogP contribution in [0.3, 0.4) is 0 Å². The number of methoxy groups -OCH3 is 1. The number of nitrogens with zero attached hydrogens (tertiary/aromatic N) is 3. The molecule has 0 N–H and O–H groups in total. The minimum absolute atomic E-state index is 0.0417. The van der Waals surface area contributed by atoms with Gasteiger partial charge in [-0.15, -0.1) is 0 Å². The lowest BCUT2D eigenvalue weighted by atomic mass is 10.0. The lowest BCUT2D eigenvalue weighted by Crippen LogP contribution is -2.46. The first-order valence-corrected chi connectivity index (χ1v) is 13.7. The van der Waals surface area contributed by atoms with Crippen LogP contribution in [0.25, 0.3) is 0 Å². The average Bonchev–Trinajstić information content (AvgIpc) is 3.35. The summed E-state index contributed by atoms with van der Waals surface area (Å²) in [5.74, 6) is 0.828. The normalized spacial score (nSPS) is 21.3. The quantitative estimate of drug-likeness (QED) is 0.552. The first-order valence-electron chi connectivity index (χ1n) is 12.2. The fraction of sp³-hybridized carbons (Fsp3) is 0.538. The van der Waals surface area contributed by atoms with Gasteiger partial charge in [0.1, 0.15) is 12.4 Å². The second kappa shape index (κ2) is 11.1. The number of aryl methyl sites for hydroxylation is 2. The molecule has 0 aliphatic carbocycles. The summed E-state index contributed by atoms with van der Waals surface area (Å²) >= 11 is 0. The Balaban J connectivity index is 1.37. The van der Waals surface area contributed by atoms with Crippen LogP contribution in [0.5, 0.6) is 5.75 Å². The summed E-state index contributed by atoms with van der Waals surface area (Å²) in [4.78, 5) is 19.3. The van der Waals surface area contributed by atoms with Crippen molar-refractivity contribution in [1.82, 2.24) is 14.2 Å². The van der Waals surface area contributed by atoms with E-state index >= 15 is 0 Å². The fourth-order valence-corrected chi connectivity index (χ4v) is 7.32. The number of carbonyl (C=O) groups excluding carboxylic acids is 1. The highest BCUT2D eigenvalue weighted by molar-refractivity contribution is 7.89. The van der Waals surface area contributed by atoms with Crippen molar-refractivity contribution in [3.8, 4) is 5.75 Å². The zero-order valence-electron chi connectivity index (χ0n) is 20.8. The zero-order chi connectivity index (χ0) is 25.0. The third kappa shape index (κ3) is 5.68. The molecule has 0 radical (unpaired) electrons. The molecule has 2 aliphatic rings. The van der Waals surface area contributed by atoms with E-state index in [1.807, 2.05) is 23.1 Å². The molecule has 8 nitrogen and oxygen atoms in total. The number of sulfonamides is 1. The number of carbonyl (C=O) groups is 1. The van der Waals surface area contributed by atoms with Crippen molar-refractivity contribution in [1.29, 1.82) is 0 Å². The zero-order valence-corrected chi connectivity index (χ0v) is 21.6. The largest absolute Gasteiger partial charge is 0.497 e. The molecule has 0 saturated carbocycles. The molecule has 3 heterocycles. The first kappa shape index (κ1) is 25.6. The molecular formula is C26H35N3O5S. The molecule has 2 atom stereocenters. The van der Waals surface area contributed by atoms with Crippen LogP contribution < -0.4 is 4.74 Å². The third-order valence-corrected chi connectivity index (χ3v) is 9.25. The Hall–Kier alpha value is -2.49. The molecule has 1 aromatic carbocycles. The minimum atomic E-state index is -3.71. The van der Waals surface area contributed by atoms with Gasteiger partial charge >= 0.3 is 0 Å². The lowest BCUT2D eigenvalue weighted by Gasteiger charge is -2.35. The maximum Gasteiger partial charge on any atom is 0.248 e. The smallest absolute Gasteiger partial charge is 0.248 e. The molecule has 2 unspecified atom stereocenters. The van der Waals surface area contributed by atoms with E-state index < -0.39 is 10.0 Å². The van der Waals surface area contributed by atoms with Crippen molar-refractivity contribution in [2.75, 3.05) is 40.0 Å². The Kier molecular flexibility index (Phi) is 8.09. The molecule has 9 heteroatoms. The summed E-state index contributed by atoms with van der Waals surface area (Å²) < 4.78 is 40.0. The third-order valence-electron chi connectivity index (χ3n) is 6.99. The van der Waals surface area contributed by atoms with E-state index in [2.05, 4.69) is 4.98 Å². The summed E-state index contributed by atoms with van der Waals surface area (Å²) in [5, 5.41) is 0. The van der Waals surface area contributed by atoms with Gasteiger partial charge in [-0.05, 0) is 68.5 Å². The Morgan fingerprint density at radius 1 is 1.11 bits per heavy atom. The Morgan fingerprint density at radius 3 is 2.57 bits per heavy atom. The van der Waals surface area contributed by atoms with Crippen molar-refractivity contribution in [2.45, 2.75) is 56.4 Å². The summed E-state index contributed by atoms with van der Waals surface area (Å²) in [6, 6.07) is 9.07. The van der Waals surface area contributed by atoms with Crippen LogP contribution in [0.4, 0.5) is 0 Å². The Labute approximate surface area is 208 Å². The van der Waals surface area contributed by atoms with Crippen LogP contribution in [0.1, 0.15) is 48.4 Å². The lowest BCUT2D eigenvalue weighted by molar-refractivity contribution is -0.135. The molecule has 2 aromatic rings. The fourth-order valence-electron chi connectivity index (χ4n) is 5.23. The summed E-state index contributed by atoms with van der Waals surface area (Å²) in [5.41, 5.74) is 2.34. The van der Waals surface area contributed by atoms with Crippen molar-refractivity contribution < 1.29 is 22.7 Å². The van der Waals surface area contributed by atoms with Crippen molar-refractivity contribution in [2.24, 2.45) is 0 Å². The van der Waals surface area contributed by atoms with E-state index in [9.17, 15) is 13.2 Å². The molecule has 190 valence electrons. The Bertz CT molecular complexity index is 1120. The molecule has 0 spiro atoms. The first-order chi connectivity index (χ1) is 16.8. The molecule has 1 aromatic heterocycles. The van der Waals surface area contributed by atoms with Gasteiger partial charge in [0.05, 0.1) is 18.6 Å². The van der Waals surface area contributed by atoms with Gasteiger partial charge in [0.2, 0.25) is 15.9 Å². The summed E-state index contributed by atoms with van der Waals surface area (Å²) in [7, 11) is -2.13. The number of pyridine rings is 1. The number of hydrogen-bond donors (Lipinski definition) is 0. The number of aromatic nitrogens is 1. The highest BCUT2D eigenvalue weighted by Gasteiger charge is 2.36. The topological polar surface area (TPSA) is 89.0 Å². The number of piperidine rings is 1. The monoisotopic (exact) mass is 501 g/mol. The maximum atomic E-state index is 13.7. The number of benzene rings is 1. The molecule has 35 heavy (non-hydrogen) atoms. The Morgan fingerprint density at radius 2 is 1.89 bits per heavy atom. The number of amides is 1. The van der Waals surface area contributed by atoms with Crippen LogP contribution in [-0.4, -0.2) is 74.5 Å². The standard InChI is InChI=1S/C26H35N3O5S/c1-19-14-23(33-3)15-20(2)26(19)35(31,32)29-12-7-5-8-22(29)17-34-18-25(30)28-13-10-21(16-28)24-9-4-6-11-27-24/h4,6,9,11,14-15,21-22H,5,7-8,10,12-13,16-18H2,1-3H3. The van der Waals surface area contributed by atoms with E-state index in [4.69, 9.17) is 9.47 Å². The van der Waals surface area contributed by atoms with E-state index in [-0.39, 0.29) is 31.1 Å². The van der Waals surface area contributed by atoms with Crippen molar-refractivity contribution in [3.05, 3.63) is 53.3 Å². The van der Waals surface area contributed by atoms with Gasteiger partial charge in [0, 0.05) is 43.5 Å². The van der Waals surface area contributed by atoms with Crippen LogP contribution in [0.2, 0.25) is 0 Å². The average molecular weight is 502 g/mol. The summed E-state index contributed by atoms with van der Waals surface area (Å²) in [6.07, 6.45) is 5.13. The summed E-state index contributed by atoms with van der Waals surface area (Å²) in [6.45, 7) is 5.53. The highest BCUT2D eigenvalue weighted by Crippen LogP contribution is 2.32. The second-order valence-corrected chi connectivity index (χ2v) is 11.3.